The second-order valence-corrected chi connectivity index (χ2v) is 22.0. The van der Waals surface area contributed by atoms with Gasteiger partial charge in [0, 0.05) is 66.6 Å². The van der Waals surface area contributed by atoms with Gasteiger partial charge in [-0.3, -0.25) is 0 Å². The van der Waals surface area contributed by atoms with Crippen LogP contribution < -0.4 is 0 Å². The van der Waals surface area contributed by atoms with E-state index >= 15 is 0 Å². The molecule has 4 aromatic heterocycles. The summed E-state index contributed by atoms with van der Waals surface area (Å²) < 4.78 is 18.3. The average Bonchev–Trinajstić information content (AvgIpc) is 3.94. The molecule has 0 saturated heterocycles. The van der Waals surface area contributed by atoms with Gasteiger partial charge in [-0.05, 0) is 129 Å². The highest BCUT2D eigenvalue weighted by Crippen LogP contribution is 2.43. The molecular weight excluding hydrogens is 757 g/mol. The van der Waals surface area contributed by atoms with Crippen LogP contribution in [0.2, 0.25) is 0 Å². The van der Waals surface area contributed by atoms with Crippen LogP contribution in [0.3, 0.4) is 0 Å². The van der Waals surface area contributed by atoms with Gasteiger partial charge in [-0.1, -0.05) is 107 Å². The van der Waals surface area contributed by atoms with Gasteiger partial charge in [0.05, 0.1) is 22.1 Å². The number of benzene rings is 7. The van der Waals surface area contributed by atoms with E-state index in [1.807, 2.05) is 0 Å². The van der Waals surface area contributed by atoms with Gasteiger partial charge in [0.25, 0.3) is 0 Å². The summed E-state index contributed by atoms with van der Waals surface area (Å²) in [7, 11) is 0. The molecule has 310 valence electrons. The van der Waals surface area contributed by atoms with E-state index in [9.17, 15) is 0 Å². The molecule has 7 aromatic carbocycles. The Balaban J connectivity index is 1.04. The molecule has 11 aromatic rings. The largest absolute Gasteiger partial charge is 0.456 e. The maximum Gasteiger partial charge on any atom is 0.137 e. The van der Waals surface area contributed by atoms with E-state index in [-0.39, 0.29) is 21.7 Å². The first-order valence-electron chi connectivity index (χ1n) is 22.2. The van der Waals surface area contributed by atoms with Gasteiger partial charge in [-0.15, -0.1) is 0 Å². The smallest absolute Gasteiger partial charge is 0.137 e. The summed E-state index contributed by atoms with van der Waals surface area (Å²) in [5.74, 6) is 0. The van der Waals surface area contributed by atoms with E-state index in [1.165, 1.54) is 65.9 Å². The number of aromatic nitrogens is 2. The zero-order valence-electron chi connectivity index (χ0n) is 38.3. The second kappa shape index (κ2) is 12.7. The second-order valence-electron chi connectivity index (χ2n) is 22.0. The standard InChI is InChI=1S/C58H56N2O2/c1-55(2,3)33-13-21-47-41(25-33)42-26-34(56(4,5)6)14-22-48(42)59(47)37-17-19-39-45-31-54-46(32-53(45)61-51(39)29-37)40-20-18-38(30-52(40)62-54)60-49-23-15-35(57(7,8)9)27-43(49)44-28-36(58(10,11)12)16-24-50(44)60/h13-32H,1-12H3. The first kappa shape index (κ1) is 38.6. The van der Waals surface area contributed by atoms with Crippen molar-refractivity contribution in [2.45, 2.75) is 105 Å². The van der Waals surface area contributed by atoms with Crippen molar-refractivity contribution in [2.24, 2.45) is 0 Å². The molecule has 0 radical (unpaired) electrons. The Labute approximate surface area is 363 Å². The lowest BCUT2D eigenvalue weighted by atomic mass is 9.85. The summed E-state index contributed by atoms with van der Waals surface area (Å²) in [6, 6.07) is 45.6. The summed E-state index contributed by atoms with van der Waals surface area (Å²) >= 11 is 0. The molecule has 62 heavy (non-hydrogen) atoms. The molecule has 0 spiro atoms. The Hall–Kier alpha value is -6.26. The number of nitrogens with zero attached hydrogens (tertiary/aromatic N) is 2. The number of furan rings is 2. The first-order chi connectivity index (χ1) is 29.2. The summed E-state index contributed by atoms with van der Waals surface area (Å²) in [6.07, 6.45) is 0. The monoisotopic (exact) mass is 812 g/mol. The molecule has 0 atom stereocenters. The molecular formula is C58H56N2O2. The molecule has 0 saturated carbocycles. The zero-order chi connectivity index (χ0) is 43.4. The van der Waals surface area contributed by atoms with Crippen LogP contribution in [0.5, 0.6) is 0 Å². The Morgan fingerprint density at radius 1 is 0.274 bits per heavy atom. The molecule has 4 heterocycles. The van der Waals surface area contributed by atoms with E-state index in [1.54, 1.807) is 0 Å². The molecule has 4 heteroatoms. The topological polar surface area (TPSA) is 36.1 Å². The van der Waals surface area contributed by atoms with Crippen molar-refractivity contribution in [3.8, 4) is 11.4 Å². The fourth-order valence-corrected chi connectivity index (χ4v) is 9.77. The molecule has 0 N–H and O–H groups in total. The molecule has 0 fully saturated rings. The first-order valence-corrected chi connectivity index (χ1v) is 22.2. The quantitative estimate of drug-likeness (QED) is 0.174. The average molecular weight is 813 g/mol. The Kier molecular flexibility index (Phi) is 7.89. The van der Waals surface area contributed by atoms with Crippen LogP contribution in [-0.4, -0.2) is 9.13 Å². The maximum absolute atomic E-state index is 6.76. The number of hydrogen-bond acceptors (Lipinski definition) is 2. The van der Waals surface area contributed by atoms with Crippen molar-refractivity contribution in [3.05, 3.63) is 144 Å². The lowest BCUT2D eigenvalue weighted by Crippen LogP contribution is -2.10. The molecule has 11 rings (SSSR count). The van der Waals surface area contributed by atoms with Crippen LogP contribution >= 0.6 is 0 Å². The summed E-state index contributed by atoms with van der Waals surface area (Å²) in [5, 5.41) is 9.37. The van der Waals surface area contributed by atoms with Gasteiger partial charge in [0.2, 0.25) is 0 Å². The van der Waals surface area contributed by atoms with Gasteiger partial charge in [-0.25, -0.2) is 0 Å². The molecule has 4 nitrogen and oxygen atoms in total. The van der Waals surface area contributed by atoms with Gasteiger partial charge >= 0.3 is 0 Å². The number of fused-ring (bicyclic) bond motifs is 12. The van der Waals surface area contributed by atoms with Crippen LogP contribution in [0, 0.1) is 0 Å². The number of rotatable bonds is 2. The lowest BCUT2D eigenvalue weighted by molar-refractivity contribution is 0.590. The predicted molar refractivity (Wildman–Crippen MR) is 264 cm³/mol. The van der Waals surface area contributed by atoms with E-state index in [0.29, 0.717) is 0 Å². The van der Waals surface area contributed by atoms with Crippen LogP contribution in [0.15, 0.2) is 130 Å². The predicted octanol–water partition coefficient (Wildman–Crippen LogP) is 16.9. The third-order valence-electron chi connectivity index (χ3n) is 13.5. The van der Waals surface area contributed by atoms with Crippen LogP contribution in [0.25, 0.3) is 98.9 Å². The highest BCUT2D eigenvalue weighted by Gasteiger charge is 2.24. The summed E-state index contributed by atoms with van der Waals surface area (Å²) in [6.45, 7) is 27.5. The Bertz CT molecular complexity index is 3280. The van der Waals surface area contributed by atoms with Gasteiger partial charge in [-0.2, -0.15) is 0 Å². The molecule has 0 aliphatic carbocycles. The zero-order valence-corrected chi connectivity index (χ0v) is 38.3. The normalized spacial score (nSPS) is 13.5. The highest BCUT2D eigenvalue weighted by atomic mass is 16.3. The SMILES string of the molecule is CC(C)(C)c1ccc2c(c1)c1cc(C(C)(C)C)ccc1n2-c1ccc2c(c1)oc1cc3c(cc12)oc1cc(-n2c4ccc(C(C)(C)C)cc4c4cc(C(C)(C)C)ccc42)ccc13. The van der Waals surface area contributed by atoms with Crippen LogP contribution in [0.4, 0.5) is 0 Å². The van der Waals surface area contributed by atoms with Crippen molar-refractivity contribution in [2.75, 3.05) is 0 Å². The van der Waals surface area contributed by atoms with Crippen molar-refractivity contribution < 1.29 is 8.83 Å². The van der Waals surface area contributed by atoms with Crippen LogP contribution in [-0.2, 0) is 21.7 Å². The molecule has 0 aliphatic heterocycles. The lowest BCUT2D eigenvalue weighted by Gasteiger charge is -2.19. The molecule has 0 aliphatic rings. The molecule has 0 amide bonds. The van der Waals surface area contributed by atoms with Gasteiger partial charge in [0.1, 0.15) is 22.3 Å². The third-order valence-corrected chi connectivity index (χ3v) is 13.5. The van der Waals surface area contributed by atoms with Crippen molar-refractivity contribution in [1.29, 1.82) is 0 Å². The highest BCUT2D eigenvalue weighted by molar-refractivity contribution is 6.16. The van der Waals surface area contributed by atoms with Gasteiger partial charge in [0.15, 0.2) is 0 Å². The minimum atomic E-state index is 0.0457. The molecule has 0 unspecified atom stereocenters. The maximum atomic E-state index is 6.76. The number of hydrogen-bond donors (Lipinski definition) is 0. The van der Waals surface area contributed by atoms with E-state index in [0.717, 1.165) is 55.3 Å². The summed E-state index contributed by atoms with van der Waals surface area (Å²) in [4.78, 5) is 0. The van der Waals surface area contributed by atoms with E-state index in [4.69, 9.17) is 8.83 Å². The minimum Gasteiger partial charge on any atom is -0.456 e. The molecule has 0 bridgehead atoms. The Morgan fingerprint density at radius 2 is 0.548 bits per heavy atom. The summed E-state index contributed by atoms with van der Waals surface area (Å²) in [5.41, 5.74) is 15.9. The van der Waals surface area contributed by atoms with Gasteiger partial charge < -0.3 is 18.0 Å². The minimum absolute atomic E-state index is 0.0457. The van der Waals surface area contributed by atoms with Crippen molar-refractivity contribution in [1.82, 2.24) is 9.13 Å². The van der Waals surface area contributed by atoms with Crippen molar-refractivity contribution >= 4 is 87.5 Å². The van der Waals surface area contributed by atoms with Crippen molar-refractivity contribution in [3.63, 3.8) is 0 Å². The van der Waals surface area contributed by atoms with E-state index < -0.39 is 0 Å². The fraction of sp³-hybridized carbons (Fsp3) is 0.276. The fourth-order valence-electron chi connectivity index (χ4n) is 9.77. The van der Waals surface area contributed by atoms with E-state index in [2.05, 4.69) is 214 Å². The third kappa shape index (κ3) is 5.86. The Morgan fingerprint density at radius 3 is 0.823 bits per heavy atom. The van der Waals surface area contributed by atoms with Crippen LogP contribution in [0.1, 0.15) is 105 Å².